The smallest absolute Gasteiger partial charge is 0.0973 e. The van der Waals surface area contributed by atoms with Crippen molar-refractivity contribution >= 4 is 0 Å². The fourth-order valence-electron chi connectivity index (χ4n) is 0.908. The third-order valence-corrected chi connectivity index (χ3v) is 1.40. The first-order chi connectivity index (χ1) is 4.43. The lowest BCUT2D eigenvalue weighted by atomic mass is 10.2. The standard InChI is InChI=1S/C6H12O3/c1-7-9-6-2-4-8-5-3-6/h6H,2-5H2,1H3. The van der Waals surface area contributed by atoms with Crippen LogP contribution in [0.2, 0.25) is 0 Å². The summed E-state index contributed by atoms with van der Waals surface area (Å²) in [7, 11) is 1.54. The summed E-state index contributed by atoms with van der Waals surface area (Å²) in [6.45, 7) is 1.60. The predicted molar refractivity (Wildman–Crippen MR) is 31.9 cm³/mol. The molecular weight excluding hydrogens is 120 g/mol. The number of hydrogen-bond donors (Lipinski definition) is 0. The van der Waals surface area contributed by atoms with Crippen molar-refractivity contribution in [3.63, 3.8) is 0 Å². The molecule has 0 bridgehead atoms. The van der Waals surface area contributed by atoms with Gasteiger partial charge in [0.2, 0.25) is 0 Å². The van der Waals surface area contributed by atoms with Gasteiger partial charge >= 0.3 is 0 Å². The van der Waals surface area contributed by atoms with Crippen molar-refractivity contribution in [3.8, 4) is 0 Å². The lowest BCUT2D eigenvalue weighted by molar-refractivity contribution is -0.314. The van der Waals surface area contributed by atoms with E-state index >= 15 is 0 Å². The van der Waals surface area contributed by atoms with E-state index < -0.39 is 0 Å². The zero-order chi connectivity index (χ0) is 6.53. The highest BCUT2D eigenvalue weighted by molar-refractivity contribution is 4.59. The van der Waals surface area contributed by atoms with E-state index in [1.807, 2.05) is 0 Å². The molecule has 1 rings (SSSR count). The van der Waals surface area contributed by atoms with Crippen molar-refractivity contribution in [1.82, 2.24) is 0 Å². The SMILES string of the molecule is COOC1CCOCC1. The first-order valence-corrected chi connectivity index (χ1v) is 3.20. The van der Waals surface area contributed by atoms with Gasteiger partial charge in [0.1, 0.15) is 0 Å². The van der Waals surface area contributed by atoms with Gasteiger partial charge in [0.15, 0.2) is 0 Å². The van der Waals surface area contributed by atoms with Crippen LogP contribution in [0.4, 0.5) is 0 Å². The van der Waals surface area contributed by atoms with Gasteiger partial charge < -0.3 is 4.74 Å². The molecule has 0 aromatic carbocycles. The van der Waals surface area contributed by atoms with Crippen molar-refractivity contribution in [2.75, 3.05) is 20.3 Å². The molecule has 0 amide bonds. The highest BCUT2D eigenvalue weighted by Gasteiger charge is 2.13. The summed E-state index contributed by atoms with van der Waals surface area (Å²) < 4.78 is 5.11. The maximum atomic E-state index is 5.11. The Bertz CT molecular complexity index is 65.9. The van der Waals surface area contributed by atoms with Crippen LogP contribution in [0, 0.1) is 0 Å². The molecule has 0 saturated carbocycles. The molecule has 0 aromatic rings. The molecule has 1 fully saturated rings. The van der Waals surface area contributed by atoms with Crippen molar-refractivity contribution in [2.45, 2.75) is 18.9 Å². The predicted octanol–water partition coefficient (Wildman–Crippen LogP) is 0.743. The molecule has 0 aromatic heterocycles. The zero-order valence-electron chi connectivity index (χ0n) is 5.63. The molecule has 1 heterocycles. The van der Waals surface area contributed by atoms with E-state index in [0.29, 0.717) is 0 Å². The molecule has 1 aliphatic heterocycles. The van der Waals surface area contributed by atoms with Crippen LogP contribution in [-0.2, 0) is 14.5 Å². The topological polar surface area (TPSA) is 27.7 Å². The Hall–Kier alpha value is -0.120. The third kappa shape index (κ3) is 2.30. The van der Waals surface area contributed by atoms with Crippen molar-refractivity contribution in [1.29, 1.82) is 0 Å². The van der Waals surface area contributed by atoms with Crippen LogP contribution in [0.3, 0.4) is 0 Å². The second-order valence-electron chi connectivity index (χ2n) is 2.07. The monoisotopic (exact) mass is 132 g/mol. The van der Waals surface area contributed by atoms with Gasteiger partial charge in [0.05, 0.1) is 13.2 Å². The van der Waals surface area contributed by atoms with Gasteiger partial charge in [0.25, 0.3) is 0 Å². The average molecular weight is 132 g/mol. The molecule has 3 heteroatoms. The van der Waals surface area contributed by atoms with E-state index in [-0.39, 0.29) is 6.10 Å². The summed E-state index contributed by atoms with van der Waals surface area (Å²) in [5.74, 6) is 0. The molecule has 0 spiro atoms. The van der Waals surface area contributed by atoms with Crippen LogP contribution in [0.1, 0.15) is 12.8 Å². The lowest BCUT2D eigenvalue weighted by Crippen LogP contribution is -2.22. The van der Waals surface area contributed by atoms with Crippen molar-refractivity contribution in [3.05, 3.63) is 0 Å². The first kappa shape index (κ1) is 6.99. The van der Waals surface area contributed by atoms with Crippen LogP contribution >= 0.6 is 0 Å². The van der Waals surface area contributed by atoms with Crippen molar-refractivity contribution < 1.29 is 14.5 Å². The van der Waals surface area contributed by atoms with Crippen LogP contribution in [0.25, 0.3) is 0 Å². The van der Waals surface area contributed by atoms with Crippen LogP contribution in [0.5, 0.6) is 0 Å². The molecule has 9 heavy (non-hydrogen) atoms. The van der Waals surface area contributed by atoms with Crippen LogP contribution in [0.15, 0.2) is 0 Å². The van der Waals surface area contributed by atoms with E-state index in [2.05, 4.69) is 4.89 Å². The molecule has 0 aliphatic carbocycles. The molecule has 1 saturated heterocycles. The van der Waals surface area contributed by atoms with Gasteiger partial charge in [-0.25, -0.2) is 9.78 Å². The Labute approximate surface area is 54.8 Å². The Morgan fingerprint density at radius 2 is 2.00 bits per heavy atom. The summed E-state index contributed by atoms with van der Waals surface area (Å²) in [5.41, 5.74) is 0. The maximum absolute atomic E-state index is 5.11. The third-order valence-electron chi connectivity index (χ3n) is 1.40. The summed E-state index contributed by atoms with van der Waals surface area (Å²) >= 11 is 0. The number of rotatable bonds is 2. The van der Waals surface area contributed by atoms with Crippen LogP contribution in [-0.4, -0.2) is 26.4 Å². The fourth-order valence-corrected chi connectivity index (χ4v) is 0.908. The van der Waals surface area contributed by atoms with Gasteiger partial charge in [-0.1, -0.05) is 0 Å². The van der Waals surface area contributed by atoms with Gasteiger partial charge in [-0.2, -0.15) is 0 Å². The van der Waals surface area contributed by atoms with E-state index in [0.717, 1.165) is 26.1 Å². The number of hydrogen-bond acceptors (Lipinski definition) is 3. The Kier molecular flexibility index (Phi) is 2.97. The lowest BCUT2D eigenvalue weighted by Gasteiger charge is -2.19. The minimum atomic E-state index is 0.253. The summed E-state index contributed by atoms with van der Waals surface area (Å²) in [4.78, 5) is 9.43. The van der Waals surface area contributed by atoms with E-state index in [9.17, 15) is 0 Å². The highest BCUT2D eigenvalue weighted by atomic mass is 17.2. The molecule has 1 aliphatic rings. The zero-order valence-corrected chi connectivity index (χ0v) is 5.63. The molecule has 54 valence electrons. The average Bonchev–Trinajstić information content (AvgIpc) is 1.91. The van der Waals surface area contributed by atoms with Gasteiger partial charge in [-0.05, 0) is 0 Å². The summed E-state index contributed by atoms with van der Waals surface area (Å²) in [6, 6.07) is 0. The van der Waals surface area contributed by atoms with Gasteiger partial charge in [0, 0.05) is 26.1 Å². The van der Waals surface area contributed by atoms with E-state index in [4.69, 9.17) is 9.62 Å². The molecule has 0 radical (unpaired) electrons. The second kappa shape index (κ2) is 3.82. The molecule has 0 atom stereocenters. The maximum Gasteiger partial charge on any atom is 0.0973 e. The Balaban J connectivity index is 2.08. The van der Waals surface area contributed by atoms with Crippen molar-refractivity contribution in [2.24, 2.45) is 0 Å². The summed E-state index contributed by atoms with van der Waals surface area (Å²) in [5, 5.41) is 0. The Morgan fingerprint density at radius 1 is 1.33 bits per heavy atom. The van der Waals surface area contributed by atoms with Gasteiger partial charge in [-0.3, -0.25) is 0 Å². The quantitative estimate of drug-likeness (QED) is 0.409. The minimum absolute atomic E-state index is 0.253. The normalized spacial score (nSPS) is 22.3. The molecule has 0 N–H and O–H groups in total. The van der Waals surface area contributed by atoms with Crippen LogP contribution < -0.4 is 0 Å². The summed E-state index contributed by atoms with van der Waals surface area (Å²) in [6.07, 6.45) is 2.16. The largest absolute Gasteiger partial charge is 0.381 e. The molecule has 3 nitrogen and oxygen atoms in total. The number of ether oxygens (including phenoxy) is 1. The fraction of sp³-hybridized carbons (Fsp3) is 1.00. The molecule has 0 unspecified atom stereocenters. The van der Waals surface area contributed by atoms with E-state index in [1.54, 1.807) is 0 Å². The minimum Gasteiger partial charge on any atom is -0.381 e. The Morgan fingerprint density at radius 3 is 2.56 bits per heavy atom. The first-order valence-electron chi connectivity index (χ1n) is 3.20. The second-order valence-corrected chi connectivity index (χ2v) is 2.07. The van der Waals surface area contributed by atoms with E-state index in [1.165, 1.54) is 7.11 Å². The molecular formula is C6H12O3. The van der Waals surface area contributed by atoms with Gasteiger partial charge in [-0.15, -0.1) is 0 Å². The highest BCUT2D eigenvalue weighted by Crippen LogP contribution is 2.09.